The van der Waals surface area contributed by atoms with Gasteiger partial charge < -0.3 is 15.7 Å². The highest BCUT2D eigenvalue weighted by Gasteiger charge is 2.06. The van der Waals surface area contributed by atoms with Gasteiger partial charge in [0.1, 0.15) is 5.82 Å². The van der Waals surface area contributed by atoms with Gasteiger partial charge in [-0.05, 0) is 11.6 Å². The Kier molecular flexibility index (Phi) is 4.69. The molecule has 0 saturated heterocycles. The van der Waals surface area contributed by atoms with E-state index in [1.807, 2.05) is 30.3 Å². The van der Waals surface area contributed by atoms with Crippen LogP contribution in [-0.2, 0) is 6.42 Å². The fourth-order valence-electron chi connectivity index (χ4n) is 1.75. The van der Waals surface area contributed by atoms with Gasteiger partial charge in [-0.1, -0.05) is 30.3 Å². The number of hydrogen-bond donors (Lipinski definition) is 3. The molecule has 2 aromatic rings. The molecule has 3 N–H and O–H groups in total. The van der Waals surface area contributed by atoms with Gasteiger partial charge in [0.15, 0.2) is 0 Å². The number of benzene rings is 1. The maximum atomic E-state index is 9.96. The third kappa shape index (κ3) is 4.22. The van der Waals surface area contributed by atoms with E-state index in [4.69, 9.17) is 0 Å². The van der Waals surface area contributed by atoms with Crippen LogP contribution >= 0.6 is 0 Å². The zero-order chi connectivity index (χ0) is 13.5. The molecule has 0 aliphatic rings. The van der Waals surface area contributed by atoms with Gasteiger partial charge in [-0.25, -0.2) is 4.98 Å². The van der Waals surface area contributed by atoms with Crippen molar-refractivity contribution in [2.75, 3.05) is 24.2 Å². The quantitative estimate of drug-likeness (QED) is 0.733. The van der Waals surface area contributed by atoms with Crippen LogP contribution in [0.2, 0.25) is 0 Å². The highest BCUT2D eigenvalue weighted by Crippen LogP contribution is 2.06. The van der Waals surface area contributed by atoms with Crippen molar-refractivity contribution in [1.82, 2.24) is 9.97 Å². The van der Waals surface area contributed by atoms with Crippen LogP contribution in [0.15, 0.2) is 42.6 Å². The molecule has 0 aliphatic carbocycles. The molecule has 0 amide bonds. The minimum absolute atomic E-state index is 0.419. The first-order chi connectivity index (χ1) is 9.28. The van der Waals surface area contributed by atoms with Crippen molar-refractivity contribution >= 4 is 11.8 Å². The van der Waals surface area contributed by atoms with Crippen LogP contribution in [0.5, 0.6) is 0 Å². The van der Waals surface area contributed by atoms with E-state index in [-0.39, 0.29) is 0 Å². The molecule has 0 aliphatic heterocycles. The average molecular weight is 258 g/mol. The molecule has 1 aromatic heterocycles. The van der Waals surface area contributed by atoms with Crippen molar-refractivity contribution in [2.24, 2.45) is 0 Å². The Labute approximate surface area is 112 Å². The standard InChI is InChI=1S/C14H18N4O/c1-15-13-7-8-16-14(18-13)17-10-12(19)9-11-5-3-2-4-6-11/h2-8,12,19H,9-10H2,1H3,(H2,15,16,17,18). The van der Waals surface area contributed by atoms with Gasteiger partial charge in [0, 0.05) is 26.2 Å². The summed E-state index contributed by atoms with van der Waals surface area (Å²) >= 11 is 0. The van der Waals surface area contributed by atoms with Gasteiger partial charge in [-0.2, -0.15) is 4.98 Å². The zero-order valence-corrected chi connectivity index (χ0v) is 10.9. The lowest BCUT2D eigenvalue weighted by molar-refractivity contribution is 0.188. The Bertz CT molecular complexity index is 504. The number of nitrogens with one attached hydrogen (secondary N) is 2. The highest BCUT2D eigenvalue weighted by atomic mass is 16.3. The van der Waals surface area contributed by atoms with E-state index in [9.17, 15) is 5.11 Å². The zero-order valence-electron chi connectivity index (χ0n) is 10.9. The molecular formula is C14H18N4O. The fourth-order valence-corrected chi connectivity index (χ4v) is 1.75. The van der Waals surface area contributed by atoms with E-state index < -0.39 is 6.10 Å². The molecule has 0 saturated carbocycles. The molecule has 0 spiro atoms. The van der Waals surface area contributed by atoms with E-state index in [0.717, 1.165) is 11.4 Å². The van der Waals surface area contributed by atoms with Gasteiger partial charge >= 0.3 is 0 Å². The van der Waals surface area contributed by atoms with Crippen LogP contribution in [0.1, 0.15) is 5.56 Å². The second-order valence-corrected chi connectivity index (χ2v) is 4.24. The van der Waals surface area contributed by atoms with Crippen LogP contribution < -0.4 is 10.6 Å². The van der Waals surface area contributed by atoms with Crippen LogP contribution in [0.3, 0.4) is 0 Å². The lowest BCUT2D eigenvalue weighted by Crippen LogP contribution is -2.22. The summed E-state index contributed by atoms with van der Waals surface area (Å²) in [6.45, 7) is 0.419. The number of rotatable bonds is 6. The topological polar surface area (TPSA) is 70.1 Å². The Balaban J connectivity index is 1.84. The first-order valence-corrected chi connectivity index (χ1v) is 6.24. The molecule has 1 aromatic carbocycles. The molecule has 1 atom stereocenters. The van der Waals surface area contributed by atoms with Gasteiger partial charge in [-0.15, -0.1) is 0 Å². The molecule has 2 rings (SSSR count). The molecule has 0 bridgehead atoms. The largest absolute Gasteiger partial charge is 0.391 e. The average Bonchev–Trinajstić information content (AvgIpc) is 2.46. The molecule has 5 heteroatoms. The smallest absolute Gasteiger partial charge is 0.224 e. The Morgan fingerprint density at radius 3 is 2.74 bits per heavy atom. The normalized spacial score (nSPS) is 11.9. The number of aliphatic hydroxyl groups excluding tert-OH is 1. The summed E-state index contributed by atoms with van der Waals surface area (Å²) in [6.07, 6.45) is 1.81. The lowest BCUT2D eigenvalue weighted by Gasteiger charge is -2.12. The predicted molar refractivity (Wildman–Crippen MR) is 76.2 cm³/mol. The Morgan fingerprint density at radius 1 is 1.21 bits per heavy atom. The summed E-state index contributed by atoms with van der Waals surface area (Å²) in [5, 5.41) is 15.9. The SMILES string of the molecule is CNc1ccnc(NCC(O)Cc2ccccc2)n1. The van der Waals surface area contributed by atoms with Crippen molar-refractivity contribution in [3.8, 4) is 0 Å². The molecule has 0 radical (unpaired) electrons. The summed E-state index contributed by atoms with van der Waals surface area (Å²) in [5.74, 6) is 1.26. The van der Waals surface area contributed by atoms with E-state index in [2.05, 4.69) is 20.6 Å². The number of anilines is 2. The number of nitrogens with zero attached hydrogens (tertiary/aromatic N) is 2. The second-order valence-electron chi connectivity index (χ2n) is 4.24. The van der Waals surface area contributed by atoms with Gasteiger partial charge in [0.25, 0.3) is 0 Å². The monoisotopic (exact) mass is 258 g/mol. The van der Waals surface area contributed by atoms with Gasteiger partial charge in [0.2, 0.25) is 5.95 Å². The number of hydrogen-bond acceptors (Lipinski definition) is 5. The van der Waals surface area contributed by atoms with Crippen LogP contribution in [0, 0.1) is 0 Å². The van der Waals surface area contributed by atoms with Crippen molar-refractivity contribution in [3.63, 3.8) is 0 Å². The van der Waals surface area contributed by atoms with Crippen LogP contribution in [-0.4, -0.2) is 34.8 Å². The summed E-state index contributed by atoms with van der Waals surface area (Å²) in [5.41, 5.74) is 1.11. The predicted octanol–water partition coefficient (Wildman–Crippen LogP) is 1.53. The highest BCUT2D eigenvalue weighted by molar-refractivity contribution is 5.38. The van der Waals surface area contributed by atoms with Crippen LogP contribution in [0.4, 0.5) is 11.8 Å². The maximum Gasteiger partial charge on any atom is 0.224 e. The summed E-state index contributed by atoms with van der Waals surface area (Å²) in [7, 11) is 1.80. The Hall–Kier alpha value is -2.14. The molecule has 5 nitrogen and oxygen atoms in total. The molecule has 19 heavy (non-hydrogen) atoms. The summed E-state index contributed by atoms with van der Waals surface area (Å²) < 4.78 is 0. The maximum absolute atomic E-state index is 9.96. The first-order valence-electron chi connectivity index (χ1n) is 6.24. The molecule has 1 unspecified atom stereocenters. The van der Waals surface area contributed by atoms with E-state index >= 15 is 0 Å². The minimum Gasteiger partial charge on any atom is -0.391 e. The summed E-state index contributed by atoms with van der Waals surface area (Å²) in [6, 6.07) is 11.7. The third-order valence-corrected chi connectivity index (χ3v) is 2.72. The van der Waals surface area contributed by atoms with Crippen LogP contribution in [0.25, 0.3) is 0 Å². The molecule has 1 heterocycles. The van der Waals surface area contributed by atoms with E-state index in [0.29, 0.717) is 18.9 Å². The Morgan fingerprint density at radius 2 is 2.00 bits per heavy atom. The molecule has 100 valence electrons. The van der Waals surface area contributed by atoms with E-state index in [1.54, 1.807) is 19.3 Å². The second kappa shape index (κ2) is 6.70. The van der Waals surface area contributed by atoms with Gasteiger partial charge in [-0.3, -0.25) is 0 Å². The van der Waals surface area contributed by atoms with Gasteiger partial charge in [0.05, 0.1) is 6.10 Å². The van der Waals surface area contributed by atoms with Crippen molar-refractivity contribution in [3.05, 3.63) is 48.2 Å². The lowest BCUT2D eigenvalue weighted by atomic mass is 10.1. The molecule has 0 fully saturated rings. The van der Waals surface area contributed by atoms with Crippen molar-refractivity contribution in [2.45, 2.75) is 12.5 Å². The summed E-state index contributed by atoms with van der Waals surface area (Å²) in [4.78, 5) is 8.32. The van der Waals surface area contributed by atoms with Crippen molar-refractivity contribution < 1.29 is 5.11 Å². The molecular weight excluding hydrogens is 240 g/mol. The van der Waals surface area contributed by atoms with E-state index in [1.165, 1.54) is 0 Å². The minimum atomic E-state index is -0.468. The first kappa shape index (κ1) is 13.3. The third-order valence-electron chi connectivity index (χ3n) is 2.72. The number of aliphatic hydroxyl groups is 1. The number of aromatic nitrogens is 2. The van der Waals surface area contributed by atoms with Crippen molar-refractivity contribution in [1.29, 1.82) is 0 Å². The fraction of sp³-hybridized carbons (Fsp3) is 0.286.